The van der Waals surface area contributed by atoms with Crippen molar-refractivity contribution < 1.29 is 9.59 Å². The Morgan fingerprint density at radius 3 is 2.75 bits per heavy atom. The summed E-state index contributed by atoms with van der Waals surface area (Å²) in [5, 5.41) is 7.15. The topological polar surface area (TPSA) is 67.2 Å². The van der Waals surface area contributed by atoms with Crippen LogP contribution in [0.3, 0.4) is 0 Å². The minimum atomic E-state index is -0.205. The molecule has 2 amide bonds. The van der Waals surface area contributed by atoms with Crippen molar-refractivity contribution in [3.63, 3.8) is 0 Å². The van der Waals surface area contributed by atoms with Crippen molar-refractivity contribution in [3.05, 3.63) is 46.8 Å². The summed E-state index contributed by atoms with van der Waals surface area (Å²) in [5.74, 6) is -0.398. The van der Waals surface area contributed by atoms with Crippen LogP contribution in [0.5, 0.6) is 0 Å². The lowest BCUT2D eigenvalue weighted by atomic mass is 10.1. The number of benzene rings is 1. The van der Waals surface area contributed by atoms with Crippen LogP contribution in [0.15, 0.2) is 24.3 Å². The molecule has 6 heteroatoms. The van der Waals surface area contributed by atoms with Crippen molar-refractivity contribution in [1.29, 1.82) is 0 Å². The molecule has 0 atom stereocenters. The second-order valence-corrected chi connectivity index (χ2v) is 6.16. The summed E-state index contributed by atoms with van der Waals surface area (Å²) in [4.78, 5) is 25.7. The average Bonchev–Trinajstić information content (AvgIpc) is 3.17. The fraction of sp³-hybridized carbons (Fsp3) is 0.389. The highest BCUT2D eigenvalue weighted by Gasteiger charge is 2.29. The molecule has 2 aromatic rings. The number of carbonyl (C=O) groups excluding carboxylic acids is 2. The fourth-order valence-corrected chi connectivity index (χ4v) is 3.16. The minimum Gasteiger partial charge on any atom is -0.358 e. The first-order valence-corrected chi connectivity index (χ1v) is 8.15. The van der Waals surface area contributed by atoms with Gasteiger partial charge in [0.05, 0.1) is 12.2 Å². The van der Waals surface area contributed by atoms with Crippen LogP contribution in [-0.4, -0.2) is 47.1 Å². The van der Waals surface area contributed by atoms with Gasteiger partial charge in [-0.15, -0.1) is 0 Å². The number of hydrogen-bond acceptors (Lipinski definition) is 3. The normalized spacial score (nSPS) is 12.8. The molecule has 0 spiro atoms. The number of hydrogen-bond donors (Lipinski definition) is 1. The van der Waals surface area contributed by atoms with Crippen molar-refractivity contribution in [2.75, 3.05) is 20.6 Å². The molecule has 1 aliphatic carbocycles. The van der Waals surface area contributed by atoms with Crippen molar-refractivity contribution in [2.45, 2.75) is 26.2 Å². The van der Waals surface area contributed by atoms with Crippen LogP contribution in [0.1, 0.15) is 33.7 Å². The van der Waals surface area contributed by atoms with Gasteiger partial charge in [-0.25, -0.2) is 4.68 Å². The van der Waals surface area contributed by atoms with E-state index in [2.05, 4.69) is 10.4 Å². The molecule has 1 N–H and O–H groups in total. The molecule has 0 bridgehead atoms. The molecule has 0 saturated carbocycles. The van der Waals surface area contributed by atoms with E-state index in [0.29, 0.717) is 5.69 Å². The van der Waals surface area contributed by atoms with E-state index in [0.717, 1.165) is 41.8 Å². The number of rotatable bonds is 4. The fourth-order valence-electron chi connectivity index (χ4n) is 3.16. The zero-order valence-corrected chi connectivity index (χ0v) is 14.3. The van der Waals surface area contributed by atoms with Crippen LogP contribution in [0.2, 0.25) is 0 Å². The molecule has 0 fully saturated rings. The number of fused-ring (bicyclic) bond motifs is 1. The Kier molecular flexibility index (Phi) is 4.38. The Balaban J connectivity index is 1.99. The lowest BCUT2D eigenvalue weighted by Crippen LogP contribution is -2.37. The van der Waals surface area contributed by atoms with E-state index < -0.39 is 0 Å². The molecule has 3 rings (SSSR count). The summed E-state index contributed by atoms with van der Waals surface area (Å²) >= 11 is 0. The van der Waals surface area contributed by atoms with Gasteiger partial charge in [0.15, 0.2) is 5.69 Å². The maximum absolute atomic E-state index is 12.8. The third-order valence-electron chi connectivity index (χ3n) is 4.48. The van der Waals surface area contributed by atoms with E-state index in [1.54, 1.807) is 14.1 Å². The van der Waals surface area contributed by atoms with Crippen molar-refractivity contribution in [2.24, 2.45) is 0 Å². The highest BCUT2D eigenvalue weighted by Crippen LogP contribution is 2.29. The van der Waals surface area contributed by atoms with Crippen molar-refractivity contribution in [1.82, 2.24) is 20.0 Å². The number of aromatic nitrogens is 2. The Morgan fingerprint density at radius 1 is 1.29 bits per heavy atom. The van der Waals surface area contributed by atoms with Gasteiger partial charge in [0.25, 0.3) is 5.91 Å². The summed E-state index contributed by atoms with van der Waals surface area (Å²) in [6, 6.07) is 8.03. The number of nitrogens with one attached hydrogen (secondary N) is 1. The first-order valence-electron chi connectivity index (χ1n) is 8.15. The molecule has 1 aliphatic rings. The molecule has 1 heterocycles. The minimum absolute atomic E-state index is 0.0291. The van der Waals surface area contributed by atoms with Gasteiger partial charge in [-0.05, 0) is 37.8 Å². The van der Waals surface area contributed by atoms with Crippen LogP contribution < -0.4 is 5.32 Å². The Hall–Kier alpha value is -2.63. The molecule has 1 aromatic heterocycles. The monoisotopic (exact) mass is 326 g/mol. The summed E-state index contributed by atoms with van der Waals surface area (Å²) in [6.07, 6.45) is 2.80. The first-order chi connectivity index (χ1) is 11.5. The number of aryl methyl sites for hydroxylation is 1. The molecular weight excluding hydrogens is 304 g/mol. The summed E-state index contributed by atoms with van der Waals surface area (Å²) < 4.78 is 1.90. The molecule has 0 unspecified atom stereocenters. The molecule has 126 valence electrons. The van der Waals surface area contributed by atoms with Crippen LogP contribution in [0.4, 0.5) is 0 Å². The van der Waals surface area contributed by atoms with E-state index in [4.69, 9.17) is 0 Å². The van der Waals surface area contributed by atoms with E-state index in [-0.39, 0.29) is 18.4 Å². The van der Waals surface area contributed by atoms with Gasteiger partial charge < -0.3 is 10.2 Å². The number of carbonyl (C=O) groups is 2. The summed E-state index contributed by atoms with van der Waals surface area (Å²) in [5.41, 5.74) is 4.72. The standard InChI is InChI=1S/C18H22N4O2/c1-12-7-4-5-9-14(12)22-15-10-6-8-13(15)17(20-22)18(24)21(3)11-16(23)19-2/h4-5,7,9H,6,8,10-11H2,1-3H3,(H,19,23). The van der Waals surface area contributed by atoms with Gasteiger partial charge in [-0.1, -0.05) is 18.2 Å². The molecule has 6 nitrogen and oxygen atoms in total. The molecule has 0 radical (unpaired) electrons. The van der Waals surface area contributed by atoms with Gasteiger partial charge in [0.2, 0.25) is 5.91 Å². The average molecular weight is 326 g/mol. The predicted octanol–water partition coefficient (Wildman–Crippen LogP) is 1.49. The van der Waals surface area contributed by atoms with Crippen LogP contribution in [0, 0.1) is 6.92 Å². The lowest BCUT2D eigenvalue weighted by molar-refractivity contribution is -0.121. The zero-order valence-electron chi connectivity index (χ0n) is 14.3. The van der Waals surface area contributed by atoms with Crippen LogP contribution in [-0.2, 0) is 17.6 Å². The van der Waals surface area contributed by atoms with Gasteiger partial charge in [-0.2, -0.15) is 5.10 Å². The van der Waals surface area contributed by atoms with Crippen LogP contribution in [0.25, 0.3) is 5.69 Å². The highest BCUT2D eigenvalue weighted by molar-refractivity contribution is 5.96. The predicted molar refractivity (Wildman–Crippen MR) is 91.4 cm³/mol. The Morgan fingerprint density at radius 2 is 2.04 bits per heavy atom. The first kappa shape index (κ1) is 16.2. The third-order valence-corrected chi connectivity index (χ3v) is 4.48. The second kappa shape index (κ2) is 6.47. The maximum Gasteiger partial charge on any atom is 0.274 e. The molecular formula is C18H22N4O2. The Labute approximate surface area is 141 Å². The number of likely N-dealkylation sites (N-methyl/N-ethyl adjacent to an activating group) is 2. The third kappa shape index (κ3) is 2.79. The SMILES string of the molecule is CNC(=O)CN(C)C(=O)c1nn(-c2ccccc2C)c2c1CCC2. The summed E-state index contributed by atoms with van der Waals surface area (Å²) in [7, 11) is 3.19. The van der Waals surface area contributed by atoms with Gasteiger partial charge in [0.1, 0.15) is 0 Å². The molecule has 24 heavy (non-hydrogen) atoms. The molecule has 1 aromatic carbocycles. The van der Waals surface area contributed by atoms with Gasteiger partial charge >= 0.3 is 0 Å². The zero-order chi connectivity index (χ0) is 17.3. The Bertz CT molecular complexity index is 794. The second-order valence-electron chi connectivity index (χ2n) is 6.16. The van der Waals surface area contributed by atoms with E-state index in [1.807, 2.05) is 35.9 Å². The largest absolute Gasteiger partial charge is 0.358 e. The van der Waals surface area contributed by atoms with E-state index in [1.165, 1.54) is 4.90 Å². The van der Waals surface area contributed by atoms with Crippen LogP contribution >= 0.6 is 0 Å². The number of para-hydroxylation sites is 1. The van der Waals surface area contributed by atoms with Gasteiger partial charge in [0, 0.05) is 25.4 Å². The highest BCUT2D eigenvalue weighted by atomic mass is 16.2. The van der Waals surface area contributed by atoms with E-state index >= 15 is 0 Å². The smallest absolute Gasteiger partial charge is 0.274 e. The maximum atomic E-state index is 12.8. The van der Waals surface area contributed by atoms with Gasteiger partial charge in [-0.3, -0.25) is 9.59 Å². The number of amides is 2. The quantitative estimate of drug-likeness (QED) is 0.925. The molecule has 0 aliphatic heterocycles. The van der Waals surface area contributed by atoms with E-state index in [9.17, 15) is 9.59 Å². The number of nitrogens with zero attached hydrogens (tertiary/aromatic N) is 3. The lowest BCUT2D eigenvalue weighted by Gasteiger charge is -2.15. The van der Waals surface area contributed by atoms with Crippen molar-refractivity contribution in [3.8, 4) is 5.69 Å². The summed E-state index contributed by atoms with van der Waals surface area (Å²) in [6.45, 7) is 2.07. The van der Waals surface area contributed by atoms with Crippen molar-refractivity contribution >= 4 is 11.8 Å². The molecule has 0 saturated heterocycles.